The first-order valence-corrected chi connectivity index (χ1v) is 6.89. The lowest BCUT2D eigenvalue weighted by molar-refractivity contribution is 0.0922. The predicted molar refractivity (Wildman–Crippen MR) is 80.0 cm³/mol. The Bertz CT molecular complexity index is 646. The molecule has 1 aromatic carbocycles. The minimum atomic E-state index is -0.296. The van der Waals surface area contributed by atoms with E-state index in [1.165, 1.54) is 6.20 Å². The van der Waals surface area contributed by atoms with Gasteiger partial charge in [0, 0.05) is 22.1 Å². The summed E-state index contributed by atoms with van der Waals surface area (Å²) >= 11 is 3.43. The van der Waals surface area contributed by atoms with Gasteiger partial charge in [0.1, 0.15) is 5.75 Å². The van der Waals surface area contributed by atoms with Crippen molar-refractivity contribution in [2.75, 3.05) is 13.7 Å². The van der Waals surface area contributed by atoms with Gasteiger partial charge in [-0.2, -0.15) is 0 Å². The second kappa shape index (κ2) is 6.19. The van der Waals surface area contributed by atoms with E-state index in [4.69, 9.17) is 9.84 Å². The van der Waals surface area contributed by atoms with Crippen LogP contribution < -0.4 is 10.1 Å². The maximum Gasteiger partial charge on any atom is 0.253 e. The number of nitrogens with zero attached hydrogens (tertiary/aromatic N) is 1. The first-order valence-electron chi connectivity index (χ1n) is 6.10. The first kappa shape index (κ1) is 14.7. The maximum atomic E-state index is 12.0. The van der Waals surface area contributed by atoms with Crippen LogP contribution in [0.1, 0.15) is 17.3 Å². The third-order valence-corrected chi connectivity index (χ3v) is 3.46. The minimum Gasteiger partial charge on any atom is -0.497 e. The Labute approximate surface area is 125 Å². The summed E-state index contributed by atoms with van der Waals surface area (Å²) in [6.45, 7) is 1.62. The van der Waals surface area contributed by atoms with Crippen molar-refractivity contribution >= 4 is 32.7 Å². The van der Waals surface area contributed by atoms with Gasteiger partial charge in [-0.25, -0.2) is 0 Å². The molecule has 0 unspecified atom stereocenters. The SMILES string of the molecule is COc1cc(Br)c2ncc(C(=O)N[C@H](C)CO)cc2c1. The van der Waals surface area contributed by atoms with Crippen LogP contribution in [0.25, 0.3) is 10.9 Å². The zero-order valence-electron chi connectivity index (χ0n) is 11.2. The normalized spacial score (nSPS) is 12.2. The number of benzene rings is 1. The van der Waals surface area contributed by atoms with Crippen LogP contribution in [0.3, 0.4) is 0 Å². The van der Waals surface area contributed by atoms with Gasteiger partial charge in [-0.1, -0.05) is 0 Å². The number of aliphatic hydroxyl groups excluding tert-OH is 1. The zero-order valence-corrected chi connectivity index (χ0v) is 12.8. The topological polar surface area (TPSA) is 71.5 Å². The summed E-state index contributed by atoms with van der Waals surface area (Å²) in [5, 5.41) is 12.4. The lowest BCUT2D eigenvalue weighted by Crippen LogP contribution is -2.35. The van der Waals surface area contributed by atoms with E-state index < -0.39 is 0 Å². The minimum absolute atomic E-state index is 0.105. The zero-order chi connectivity index (χ0) is 14.7. The number of carbonyl (C=O) groups excluding carboxylic acids is 1. The molecule has 1 amide bonds. The molecule has 0 bridgehead atoms. The highest BCUT2D eigenvalue weighted by atomic mass is 79.9. The Hall–Kier alpha value is -1.66. The maximum absolute atomic E-state index is 12.0. The van der Waals surface area contributed by atoms with Crippen molar-refractivity contribution in [3.8, 4) is 5.75 Å². The van der Waals surface area contributed by atoms with E-state index in [-0.39, 0.29) is 18.6 Å². The van der Waals surface area contributed by atoms with Crippen molar-refractivity contribution in [1.29, 1.82) is 0 Å². The third kappa shape index (κ3) is 3.08. The Balaban J connectivity index is 2.40. The van der Waals surface area contributed by atoms with Crippen molar-refractivity contribution < 1.29 is 14.6 Å². The van der Waals surface area contributed by atoms with Crippen LogP contribution in [-0.4, -0.2) is 35.8 Å². The predicted octanol–water partition coefficient (Wildman–Crippen LogP) is 2.12. The number of fused-ring (bicyclic) bond motifs is 1. The quantitative estimate of drug-likeness (QED) is 0.895. The van der Waals surface area contributed by atoms with Crippen LogP contribution in [0.2, 0.25) is 0 Å². The second-order valence-corrected chi connectivity index (χ2v) is 5.32. The highest BCUT2D eigenvalue weighted by Gasteiger charge is 2.12. The molecular weight excluding hydrogens is 324 g/mol. The van der Waals surface area contributed by atoms with E-state index >= 15 is 0 Å². The molecule has 0 aliphatic carbocycles. The molecular formula is C14H15BrN2O3. The molecule has 6 heteroatoms. The Morgan fingerprint density at radius 3 is 2.90 bits per heavy atom. The molecule has 2 N–H and O–H groups in total. The Morgan fingerprint density at radius 1 is 1.50 bits per heavy atom. The van der Waals surface area contributed by atoms with Gasteiger partial charge in [0.25, 0.3) is 5.91 Å². The summed E-state index contributed by atoms with van der Waals surface area (Å²) in [7, 11) is 1.58. The lowest BCUT2D eigenvalue weighted by Gasteiger charge is -2.11. The smallest absolute Gasteiger partial charge is 0.253 e. The third-order valence-electron chi connectivity index (χ3n) is 2.86. The van der Waals surface area contributed by atoms with Crippen LogP contribution in [0, 0.1) is 0 Å². The number of nitrogens with one attached hydrogen (secondary N) is 1. The van der Waals surface area contributed by atoms with Gasteiger partial charge >= 0.3 is 0 Å². The number of pyridine rings is 1. The van der Waals surface area contributed by atoms with E-state index in [0.717, 1.165) is 15.4 Å². The van der Waals surface area contributed by atoms with Crippen molar-refractivity contribution in [3.63, 3.8) is 0 Å². The Kier molecular flexibility index (Phi) is 4.57. The van der Waals surface area contributed by atoms with Crippen LogP contribution >= 0.6 is 15.9 Å². The molecule has 0 radical (unpaired) electrons. The molecule has 1 heterocycles. The number of methoxy groups -OCH3 is 1. The van der Waals surface area contributed by atoms with E-state index in [0.29, 0.717) is 11.3 Å². The summed E-state index contributed by atoms with van der Waals surface area (Å²) in [5.74, 6) is 0.423. The van der Waals surface area contributed by atoms with Gasteiger partial charge in [0.15, 0.2) is 0 Å². The van der Waals surface area contributed by atoms with Gasteiger partial charge in [-0.3, -0.25) is 9.78 Å². The lowest BCUT2D eigenvalue weighted by atomic mass is 10.1. The highest BCUT2D eigenvalue weighted by molar-refractivity contribution is 9.10. The van der Waals surface area contributed by atoms with Crippen molar-refractivity contribution in [3.05, 3.63) is 34.4 Å². The number of carbonyl (C=O) groups is 1. The molecule has 0 aliphatic rings. The van der Waals surface area contributed by atoms with Crippen molar-refractivity contribution in [1.82, 2.24) is 10.3 Å². The fourth-order valence-electron chi connectivity index (χ4n) is 1.77. The van der Waals surface area contributed by atoms with Gasteiger partial charge in [-0.05, 0) is 41.1 Å². The molecule has 0 saturated carbocycles. The molecule has 2 aromatic rings. The molecule has 5 nitrogen and oxygen atoms in total. The van der Waals surface area contributed by atoms with E-state index in [1.807, 2.05) is 12.1 Å². The average molecular weight is 339 g/mol. The number of hydrogen-bond donors (Lipinski definition) is 2. The van der Waals surface area contributed by atoms with Crippen LogP contribution in [0.4, 0.5) is 0 Å². The van der Waals surface area contributed by atoms with Crippen molar-refractivity contribution in [2.24, 2.45) is 0 Å². The second-order valence-electron chi connectivity index (χ2n) is 4.46. The number of rotatable bonds is 4. The summed E-state index contributed by atoms with van der Waals surface area (Å²) in [5.41, 5.74) is 1.20. The summed E-state index contributed by atoms with van der Waals surface area (Å²) < 4.78 is 6.00. The average Bonchev–Trinajstić information content (AvgIpc) is 2.46. The fraction of sp³-hybridized carbons (Fsp3) is 0.286. The van der Waals surface area contributed by atoms with Gasteiger partial charge in [-0.15, -0.1) is 0 Å². The van der Waals surface area contributed by atoms with E-state index in [2.05, 4.69) is 26.2 Å². The molecule has 0 spiro atoms. The van der Waals surface area contributed by atoms with Crippen LogP contribution in [0.15, 0.2) is 28.9 Å². The number of ether oxygens (including phenoxy) is 1. The molecule has 0 fully saturated rings. The van der Waals surface area contributed by atoms with Crippen LogP contribution in [0.5, 0.6) is 5.75 Å². The fourth-order valence-corrected chi connectivity index (χ4v) is 2.33. The Morgan fingerprint density at radius 2 is 2.25 bits per heavy atom. The largest absolute Gasteiger partial charge is 0.497 e. The first-order chi connectivity index (χ1) is 9.55. The van der Waals surface area contributed by atoms with Gasteiger partial charge < -0.3 is 15.2 Å². The van der Waals surface area contributed by atoms with Gasteiger partial charge in [0.05, 0.1) is 24.8 Å². The number of aromatic nitrogens is 1. The molecule has 1 atom stereocenters. The molecule has 2 rings (SSSR count). The standard InChI is InChI=1S/C14H15BrN2O3/c1-8(7-18)17-14(19)10-3-9-4-11(20-2)5-12(15)13(9)16-6-10/h3-6,8,18H,7H2,1-2H3,(H,17,19)/t8-/m1/s1. The van der Waals surface area contributed by atoms with Gasteiger partial charge in [0.2, 0.25) is 0 Å². The number of hydrogen-bond acceptors (Lipinski definition) is 4. The number of amides is 1. The van der Waals surface area contributed by atoms with E-state index in [1.54, 1.807) is 20.1 Å². The number of aliphatic hydroxyl groups is 1. The summed E-state index contributed by atoms with van der Waals surface area (Å²) in [6.07, 6.45) is 1.51. The number of halogens is 1. The monoisotopic (exact) mass is 338 g/mol. The molecule has 1 aromatic heterocycles. The molecule has 0 saturated heterocycles. The summed E-state index contributed by atoms with van der Waals surface area (Å²) in [6, 6.07) is 5.09. The highest BCUT2D eigenvalue weighted by Crippen LogP contribution is 2.28. The molecule has 20 heavy (non-hydrogen) atoms. The molecule has 0 aliphatic heterocycles. The summed E-state index contributed by atoms with van der Waals surface area (Å²) in [4.78, 5) is 16.3. The van der Waals surface area contributed by atoms with Crippen LogP contribution in [-0.2, 0) is 0 Å². The molecule has 106 valence electrons. The van der Waals surface area contributed by atoms with E-state index in [9.17, 15) is 4.79 Å². The van der Waals surface area contributed by atoms with Crippen molar-refractivity contribution in [2.45, 2.75) is 13.0 Å².